The van der Waals surface area contributed by atoms with Gasteiger partial charge in [0.15, 0.2) is 0 Å². The zero-order valence-electron chi connectivity index (χ0n) is 13.6. The summed E-state index contributed by atoms with van der Waals surface area (Å²) in [5.41, 5.74) is 1.50. The summed E-state index contributed by atoms with van der Waals surface area (Å²) < 4.78 is 4.95. The van der Waals surface area contributed by atoms with Gasteiger partial charge in [-0.2, -0.15) is 0 Å². The fourth-order valence-corrected chi connectivity index (χ4v) is 2.51. The van der Waals surface area contributed by atoms with Crippen molar-refractivity contribution in [2.45, 2.75) is 19.9 Å². The molecule has 0 aromatic heterocycles. The third-order valence-corrected chi connectivity index (χ3v) is 3.70. The molecule has 126 valence electrons. The lowest BCUT2D eigenvalue weighted by molar-refractivity contribution is -0.143. The van der Waals surface area contributed by atoms with E-state index in [-0.39, 0.29) is 18.3 Å². The standard InChI is InChI=1S/C19H20ClNO3/c1-2-24-18(22)11-12-21(14-15-7-4-3-5-8-15)19(23)16-9-6-10-17(20)13-16/h3-10,13H,2,11-12,14H2,1H3. The second kappa shape index (κ2) is 9.08. The molecule has 0 atom stereocenters. The zero-order valence-corrected chi connectivity index (χ0v) is 14.3. The summed E-state index contributed by atoms with van der Waals surface area (Å²) in [6.07, 6.45) is 0.160. The van der Waals surface area contributed by atoms with Crippen molar-refractivity contribution in [2.75, 3.05) is 13.2 Å². The van der Waals surface area contributed by atoms with Crippen LogP contribution in [0.5, 0.6) is 0 Å². The van der Waals surface area contributed by atoms with Crippen molar-refractivity contribution in [3.05, 3.63) is 70.7 Å². The molecule has 2 aromatic carbocycles. The van der Waals surface area contributed by atoms with Crippen LogP contribution < -0.4 is 0 Å². The molecule has 2 aromatic rings. The van der Waals surface area contributed by atoms with E-state index in [1.807, 2.05) is 30.3 Å². The van der Waals surface area contributed by atoms with E-state index in [9.17, 15) is 9.59 Å². The molecule has 0 radical (unpaired) electrons. The van der Waals surface area contributed by atoms with Gasteiger partial charge in [-0.3, -0.25) is 9.59 Å². The summed E-state index contributed by atoms with van der Waals surface area (Å²) in [7, 11) is 0. The molecule has 0 fully saturated rings. The Labute approximate surface area is 147 Å². The lowest BCUT2D eigenvalue weighted by atomic mass is 10.1. The van der Waals surface area contributed by atoms with E-state index >= 15 is 0 Å². The van der Waals surface area contributed by atoms with E-state index in [4.69, 9.17) is 16.3 Å². The molecule has 0 bridgehead atoms. The largest absolute Gasteiger partial charge is 0.466 e. The van der Waals surface area contributed by atoms with Crippen molar-refractivity contribution < 1.29 is 14.3 Å². The van der Waals surface area contributed by atoms with Gasteiger partial charge in [0.25, 0.3) is 5.91 Å². The summed E-state index contributed by atoms with van der Waals surface area (Å²) in [5.74, 6) is -0.472. The number of hydrogen-bond donors (Lipinski definition) is 0. The maximum Gasteiger partial charge on any atom is 0.307 e. The molecule has 0 saturated carbocycles. The zero-order chi connectivity index (χ0) is 17.4. The maximum absolute atomic E-state index is 12.8. The van der Waals surface area contributed by atoms with Crippen LogP contribution in [0.3, 0.4) is 0 Å². The highest BCUT2D eigenvalue weighted by molar-refractivity contribution is 6.30. The van der Waals surface area contributed by atoms with Gasteiger partial charge in [-0.25, -0.2) is 0 Å². The minimum atomic E-state index is -0.311. The average Bonchev–Trinajstić information content (AvgIpc) is 2.59. The summed E-state index contributed by atoms with van der Waals surface area (Å²) in [6.45, 7) is 2.81. The second-order valence-electron chi connectivity index (χ2n) is 5.28. The smallest absolute Gasteiger partial charge is 0.307 e. The summed E-state index contributed by atoms with van der Waals surface area (Å²) >= 11 is 5.98. The van der Waals surface area contributed by atoms with E-state index in [1.165, 1.54) is 0 Å². The van der Waals surface area contributed by atoms with E-state index in [0.717, 1.165) is 5.56 Å². The number of benzene rings is 2. The van der Waals surface area contributed by atoms with Gasteiger partial charge >= 0.3 is 5.97 Å². The van der Waals surface area contributed by atoms with Crippen LogP contribution >= 0.6 is 11.6 Å². The Bertz CT molecular complexity index is 688. The predicted octanol–water partition coefficient (Wildman–Crippen LogP) is 3.94. The number of halogens is 1. The van der Waals surface area contributed by atoms with Crippen LogP contribution in [0.25, 0.3) is 0 Å². The third kappa shape index (κ3) is 5.39. The first kappa shape index (κ1) is 18.0. The number of carbonyl (C=O) groups excluding carboxylic acids is 2. The topological polar surface area (TPSA) is 46.6 Å². The van der Waals surface area contributed by atoms with Crippen LogP contribution in [0.4, 0.5) is 0 Å². The number of esters is 1. The average molecular weight is 346 g/mol. The molecular formula is C19H20ClNO3. The first-order valence-electron chi connectivity index (χ1n) is 7.84. The molecule has 5 heteroatoms. The first-order chi connectivity index (χ1) is 11.6. The lowest BCUT2D eigenvalue weighted by Gasteiger charge is -2.23. The van der Waals surface area contributed by atoms with Gasteiger partial charge < -0.3 is 9.64 Å². The molecule has 0 aliphatic rings. The number of nitrogens with zero attached hydrogens (tertiary/aromatic N) is 1. The van der Waals surface area contributed by atoms with Gasteiger partial charge in [0, 0.05) is 23.7 Å². The lowest BCUT2D eigenvalue weighted by Crippen LogP contribution is -2.33. The number of ether oxygens (including phenoxy) is 1. The first-order valence-corrected chi connectivity index (χ1v) is 8.22. The minimum Gasteiger partial charge on any atom is -0.466 e. The Kier molecular flexibility index (Phi) is 6.82. The summed E-state index contributed by atoms with van der Waals surface area (Å²) in [6, 6.07) is 16.5. The fraction of sp³-hybridized carbons (Fsp3) is 0.263. The molecule has 24 heavy (non-hydrogen) atoms. The Hall–Kier alpha value is -2.33. The molecule has 0 unspecified atom stereocenters. The molecule has 0 aliphatic carbocycles. The van der Waals surface area contributed by atoms with Crippen molar-refractivity contribution in [3.63, 3.8) is 0 Å². The molecule has 4 nitrogen and oxygen atoms in total. The highest BCUT2D eigenvalue weighted by atomic mass is 35.5. The van der Waals surface area contributed by atoms with Gasteiger partial charge in [-0.15, -0.1) is 0 Å². The number of amides is 1. The third-order valence-electron chi connectivity index (χ3n) is 3.47. The van der Waals surface area contributed by atoms with Crippen LogP contribution in [0.15, 0.2) is 54.6 Å². The Morgan fingerprint density at radius 3 is 2.50 bits per heavy atom. The normalized spacial score (nSPS) is 10.2. The van der Waals surface area contributed by atoms with Crippen molar-refractivity contribution in [3.8, 4) is 0 Å². The quantitative estimate of drug-likeness (QED) is 0.714. The fourth-order valence-electron chi connectivity index (χ4n) is 2.32. The summed E-state index contributed by atoms with van der Waals surface area (Å²) in [5, 5.41) is 0.505. The van der Waals surface area contributed by atoms with Gasteiger partial charge in [-0.05, 0) is 30.7 Å². The van der Waals surface area contributed by atoms with E-state index in [1.54, 1.807) is 36.1 Å². The summed E-state index contributed by atoms with van der Waals surface area (Å²) in [4.78, 5) is 26.1. The molecular weight excluding hydrogens is 326 g/mol. The highest BCUT2D eigenvalue weighted by Gasteiger charge is 2.18. The van der Waals surface area contributed by atoms with Crippen molar-refractivity contribution in [1.82, 2.24) is 4.90 Å². The molecule has 1 amide bonds. The Balaban J connectivity index is 2.14. The second-order valence-corrected chi connectivity index (χ2v) is 5.71. The van der Waals surface area contributed by atoms with Gasteiger partial charge in [0.1, 0.15) is 0 Å². The monoisotopic (exact) mass is 345 g/mol. The van der Waals surface area contributed by atoms with Crippen LogP contribution in [0, 0.1) is 0 Å². The van der Waals surface area contributed by atoms with Crippen LogP contribution in [-0.2, 0) is 16.1 Å². The van der Waals surface area contributed by atoms with Crippen molar-refractivity contribution in [1.29, 1.82) is 0 Å². The molecule has 2 rings (SSSR count). The Morgan fingerprint density at radius 2 is 1.83 bits per heavy atom. The van der Waals surface area contributed by atoms with Gasteiger partial charge in [0.2, 0.25) is 0 Å². The van der Waals surface area contributed by atoms with Gasteiger partial charge in [0.05, 0.1) is 13.0 Å². The number of rotatable bonds is 7. The predicted molar refractivity (Wildman–Crippen MR) is 93.9 cm³/mol. The van der Waals surface area contributed by atoms with E-state index in [0.29, 0.717) is 30.3 Å². The van der Waals surface area contributed by atoms with E-state index < -0.39 is 0 Å². The van der Waals surface area contributed by atoms with E-state index in [2.05, 4.69) is 0 Å². The van der Waals surface area contributed by atoms with Gasteiger partial charge in [-0.1, -0.05) is 48.0 Å². The molecule has 0 aliphatic heterocycles. The van der Waals surface area contributed by atoms with Crippen molar-refractivity contribution >= 4 is 23.5 Å². The SMILES string of the molecule is CCOC(=O)CCN(Cc1ccccc1)C(=O)c1cccc(Cl)c1. The molecule has 0 heterocycles. The minimum absolute atomic E-state index is 0.160. The highest BCUT2D eigenvalue weighted by Crippen LogP contribution is 2.15. The van der Waals surface area contributed by atoms with Crippen molar-refractivity contribution in [2.24, 2.45) is 0 Å². The van der Waals surface area contributed by atoms with Crippen LogP contribution in [0.2, 0.25) is 5.02 Å². The number of hydrogen-bond acceptors (Lipinski definition) is 3. The molecule has 0 spiro atoms. The molecule has 0 saturated heterocycles. The van der Waals surface area contributed by atoms with Crippen LogP contribution in [-0.4, -0.2) is 29.9 Å². The Morgan fingerprint density at radius 1 is 1.08 bits per heavy atom. The maximum atomic E-state index is 12.8. The molecule has 0 N–H and O–H groups in total. The number of carbonyl (C=O) groups is 2. The van der Waals surface area contributed by atoms with Crippen LogP contribution in [0.1, 0.15) is 29.3 Å².